The Morgan fingerprint density at radius 2 is 1.09 bits per heavy atom. The standard InChI is InChI=1S/C27H30O5/c1-28-27-26(31-19-23-15-9-4-10-16-23)25(30-18-22-13-7-3-8-14-22)24(32-27)20-29-17-21-11-5-2-6-12-21/h2-16,24-27H,17-20H2,1H3/t24-,25+,26-,27?/m0/s1. The average molecular weight is 435 g/mol. The highest BCUT2D eigenvalue weighted by molar-refractivity contribution is 5.15. The SMILES string of the molecule is COC1O[C@@H](COCc2ccccc2)[C@@H](OCc2ccccc2)[C@@H]1OCc1ccccc1. The summed E-state index contributed by atoms with van der Waals surface area (Å²) in [5, 5.41) is 0. The zero-order valence-corrected chi connectivity index (χ0v) is 18.3. The van der Waals surface area contributed by atoms with Gasteiger partial charge in [0.15, 0.2) is 6.29 Å². The van der Waals surface area contributed by atoms with E-state index >= 15 is 0 Å². The minimum absolute atomic E-state index is 0.298. The highest BCUT2D eigenvalue weighted by Gasteiger charge is 2.46. The molecule has 0 N–H and O–H groups in total. The quantitative estimate of drug-likeness (QED) is 0.436. The van der Waals surface area contributed by atoms with Crippen molar-refractivity contribution in [1.29, 1.82) is 0 Å². The number of benzene rings is 3. The molecule has 1 fully saturated rings. The van der Waals surface area contributed by atoms with Gasteiger partial charge in [0, 0.05) is 7.11 Å². The molecule has 1 saturated heterocycles. The van der Waals surface area contributed by atoms with Crippen LogP contribution in [0.4, 0.5) is 0 Å². The third kappa shape index (κ3) is 6.25. The molecule has 32 heavy (non-hydrogen) atoms. The fourth-order valence-electron chi connectivity index (χ4n) is 3.79. The van der Waals surface area contributed by atoms with Crippen LogP contribution in [0.25, 0.3) is 0 Å². The van der Waals surface area contributed by atoms with Gasteiger partial charge in [-0.3, -0.25) is 0 Å². The van der Waals surface area contributed by atoms with E-state index in [0.717, 1.165) is 16.7 Å². The van der Waals surface area contributed by atoms with Crippen molar-refractivity contribution in [3.63, 3.8) is 0 Å². The van der Waals surface area contributed by atoms with E-state index in [2.05, 4.69) is 0 Å². The van der Waals surface area contributed by atoms with Crippen molar-refractivity contribution in [3.05, 3.63) is 108 Å². The molecule has 1 heterocycles. The van der Waals surface area contributed by atoms with Crippen LogP contribution in [0, 0.1) is 0 Å². The Bertz CT molecular complexity index is 903. The molecular weight excluding hydrogens is 404 g/mol. The maximum Gasteiger partial charge on any atom is 0.186 e. The summed E-state index contributed by atoms with van der Waals surface area (Å²) in [4.78, 5) is 0. The first kappa shape index (κ1) is 22.6. The van der Waals surface area contributed by atoms with E-state index < -0.39 is 6.29 Å². The normalized spacial score (nSPS) is 22.8. The molecule has 4 rings (SSSR count). The molecule has 0 aromatic heterocycles. The second kappa shape index (κ2) is 11.9. The van der Waals surface area contributed by atoms with E-state index in [-0.39, 0.29) is 18.3 Å². The maximum atomic E-state index is 6.33. The number of hydrogen-bond acceptors (Lipinski definition) is 5. The van der Waals surface area contributed by atoms with Gasteiger partial charge >= 0.3 is 0 Å². The Labute approximate surface area is 189 Å². The van der Waals surface area contributed by atoms with E-state index in [0.29, 0.717) is 26.4 Å². The lowest BCUT2D eigenvalue weighted by molar-refractivity contribution is -0.170. The third-order valence-electron chi connectivity index (χ3n) is 5.46. The van der Waals surface area contributed by atoms with E-state index in [1.807, 2.05) is 91.0 Å². The first-order chi connectivity index (χ1) is 15.8. The van der Waals surface area contributed by atoms with Crippen LogP contribution < -0.4 is 0 Å². The number of hydrogen-bond donors (Lipinski definition) is 0. The maximum absolute atomic E-state index is 6.33. The van der Waals surface area contributed by atoms with Gasteiger partial charge in [-0.25, -0.2) is 0 Å². The van der Waals surface area contributed by atoms with Crippen LogP contribution >= 0.6 is 0 Å². The fraction of sp³-hybridized carbons (Fsp3) is 0.333. The van der Waals surface area contributed by atoms with Crippen LogP contribution in [-0.4, -0.2) is 38.3 Å². The molecular formula is C27H30O5. The fourth-order valence-corrected chi connectivity index (χ4v) is 3.79. The summed E-state index contributed by atoms with van der Waals surface area (Å²) in [6.45, 7) is 1.82. The smallest absolute Gasteiger partial charge is 0.186 e. The first-order valence-electron chi connectivity index (χ1n) is 10.9. The molecule has 168 valence electrons. The van der Waals surface area contributed by atoms with E-state index in [4.69, 9.17) is 23.7 Å². The van der Waals surface area contributed by atoms with Crippen molar-refractivity contribution in [2.75, 3.05) is 13.7 Å². The van der Waals surface area contributed by atoms with Crippen molar-refractivity contribution in [3.8, 4) is 0 Å². The van der Waals surface area contributed by atoms with Gasteiger partial charge in [-0.15, -0.1) is 0 Å². The molecule has 0 amide bonds. The number of methoxy groups -OCH3 is 1. The Morgan fingerprint density at radius 1 is 0.625 bits per heavy atom. The zero-order valence-electron chi connectivity index (χ0n) is 18.3. The van der Waals surface area contributed by atoms with Gasteiger partial charge in [0.05, 0.1) is 26.4 Å². The topological polar surface area (TPSA) is 46.2 Å². The van der Waals surface area contributed by atoms with Gasteiger partial charge in [0.1, 0.15) is 18.3 Å². The van der Waals surface area contributed by atoms with E-state index in [1.165, 1.54) is 0 Å². The molecule has 0 bridgehead atoms. The van der Waals surface area contributed by atoms with E-state index in [1.54, 1.807) is 7.11 Å². The van der Waals surface area contributed by atoms with Gasteiger partial charge in [-0.1, -0.05) is 91.0 Å². The van der Waals surface area contributed by atoms with Gasteiger partial charge in [-0.2, -0.15) is 0 Å². The van der Waals surface area contributed by atoms with Crippen molar-refractivity contribution < 1.29 is 23.7 Å². The Hall–Kier alpha value is -2.54. The molecule has 3 aromatic rings. The molecule has 1 aliphatic heterocycles. The van der Waals surface area contributed by atoms with Crippen molar-refractivity contribution in [2.45, 2.75) is 44.4 Å². The van der Waals surface area contributed by atoms with Crippen molar-refractivity contribution in [2.24, 2.45) is 0 Å². The van der Waals surface area contributed by atoms with Crippen LogP contribution in [0.1, 0.15) is 16.7 Å². The molecule has 0 aliphatic carbocycles. The second-order valence-corrected chi connectivity index (χ2v) is 7.80. The predicted molar refractivity (Wildman–Crippen MR) is 122 cm³/mol. The summed E-state index contributed by atoms with van der Waals surface area (Å²) in [7, 11) is 1.63. The largest absolute Gasteiger partial charge is 0.374 e. The van der Waals surface area contributed by atoms with Crippen LogP contribution in [0.5, 0.6) is 0 Å². The van der Waals surface area contributed by atoms with Gasteiger partial charge in [0.25, 0.3) is 0 Å². The second-order valence-electron chi connectivity index (χ2n) is 7.80. The summed E-state index contributed by atoms with van der Waals surface area (Å²) in [6.07, 6.45) is -1.51. The lowest BCUT2D eigenvalue weighted by Crippen LogP contribution is -2.39. The van der Waals surface area contributed by atoms with Crippen molar-refractivity contribution in [1.82, 2.24) is 0 Å². The van der Waals surface area contributed by atoms with Crippen LogP contribution in [0.15, 0.2) is 91.0 Å². The monoisotopic (exact) mass is 434 g/mol. The van der Waals surface area contributed by atoms with Crippen LogP contribution in [-0.2, 0) is 43.5 Å². The number of rotatable bonds is 11. The molecule has 1 unspecified atom stereocenters. The summed E-state index contributed by atoms with van der Waals surface area (Å²) in [5.74, 6) is 0. The van der Waals surface area contributed by atoms with Crippen LogP contribution in [0.3, 0.4) is 0 Å². The first-order valence-corrected chi connectivity index (χ1v) is 10.9. The van der Waals surface area contributed by atoms with Gasteiger partial charge < -0.3 is 23.7 Å². The lowest BCUT2D eigenvalue weighted by atomic mass is 10.1. The molecule has 1 aliphatic rings. The van der Waals surface area contributed by atoms with Crippen molar-refractivity contribution >= 4 is 0 Å². The lowest BCUT2D eigenvalue weighted by Gasteiger charge is -2.24. The minimum Gasteiger partial charge on any atom is -0.374 e. The predicted octanol–water partition coefficient (Wildman–Crippen LogP) is 4.75. The molecule has 5 nitrogen and oxygen atoms in total. The third-order valence-corrected chi connectivity index (χ3v) is 5.46. The minimum atomic E-state index is -0.523. The van der Waals surface area contributed by atoms with Gasteiger partial charge in [0.2, 0.25) is 0 Å². The molecule has 5 heteroatoms. The summed E-state index contributed by atoms with van der Waals surface area (Å²) < 4.78 is 30.3. The molecule has 0 saturated carbocycles. The average Bonchev–Trinajstić information content (AvgIpc) is 3.19. The summed E-state index contributed by atoms with van der Waals surface area (Å²) >= 11 is 0. The Balaban J connectivity index is 1.42. The van der Waals surface area contributed by atoms with E-state index in [9.17, 15) is 0 Å². The molecule has 4 atom stereocenters. The Kier molecular flexibility index (Phi) is 8.42. The molecule has 0 spiro atoms. The molecule has 0 radical (unpaired) electrons. The highest BCUT2D eigenvalue weighted by Crippen LogP contribution is 2.29. The number of ether oxygens (including phenoxy) is 5. The van der Waals surface area contributed by atoms with Gasteiger partial charge in [-0.05, 0) is 16.7 Å². The van der Waals surface area contributed by atoms with Crippen LogP contribution in [0.2, 0.25) is 0 Å². The zero-order chi connectivity index (χ0) is 22.0. The Morgan fingerprint density at radius 3 is 1.59 bits per heavy atom. The summed E-state index contributed by atoms with van der Waals surface area (Å²) in [6, 6.07) is 30.3. The summed E-state index contributed by atoms with van der Waals surface area (Å²) in [5.41, 5.74) is 3.31. The highest BCUT2D eigenvalue weighted by atomic mass is 16.7. The molecule has 3 aromatic carbocycles.